The van der Waals surface area contributed by atoms with E-state index in [1.807, 2.05) is 16.7 Å². The number of hydrogen-bond acceptors (Lipinski definition) is 6. The highest BCUT2D eigenvalue weighted by Crippen LogP contribution is 2.22. The summed E-state index contributed by atoms with van der Waals surface area (Å²) in [6.07, 6.45) is 1.64. The van der Waals surface area contributed by atoms with Gasteiger partial charge in [-0.05, 0) is 30.5 Å². The number of rotatable bonds is 7. The quantitative estimate of drug-likeness (QED) is 0.616. The van der Waals surface area contributed by atoms with Crippen LogP contribution in [0.3, 0.4) is 0 Å². The summed E-state index contributed by atoms with van der Waals surface area (Å²) < 4.78 is 27.2. The lowest BCUT2D eigenvalue weighted by Crippen LogP contribution is -2.51. The zero-order valence-corrected chi connectivity index (χ0v) is 18.6. The number of amides is 1. The van der Waals surface area contributed by atoms with Crippen LogP contribution in [-0.2, 0) is 14.8 Å². The Morgan fingerprint density at radius 1 is 1.14 bits per heavy atom. The van der Waals surface area contributed by atoms with Crippen molar-refractivity contribution in [2.24, 2.45) is 0 Å². The van der Waals surface area contributed by atoms with Gasteiger partial charge in [-0.1, -0.05) is 37.7 Å². The average molecular weight is 438 g/mol. The number of carbonyl (C=O) groups excluding carboxylic acids is 1. The first kappa shape index (κ1) is 21.8. The molecule has 2 aromatic rings. The van der Waals surface area contributed by atoms with Gasteiger partial charge in [0.2, 0.25) is 15.9 Å². The van der Waals surface area contributed by atoms with Gasteiger partial charge in [-0.3, -0.25) is 9.36 Å². The molecular formula is C19H27N5O3S2. The minimum Gasteiger partial charge on any atom is -0.339 e. The van der Waals surface area contributed by atoms with Crippen LogP contribution in [0, 0.1) is 0 Å². The van der Waals surface area contributed by atoms with Crippen molar-refractivity contribution in [1.82, 2.24) is 24.0 Å². The van der Waals surface area contributed by atoms with Crippen LogP contribution in [0.25, 0.3) is 5.69 Å². The molecule has 0 atom stereocenters. The van der Waals surface area contributed by atoms with E-state index in [0.29, 0.717) is 37.3 Å². The molecule has 158 valence electrons. The number of thioether (sulfide) groups is 1. The van der Waals surface area contributed by atoms with Crippen LogP contribution in [0.15, 0.2) is 35.7 Å². The van der Waals surface area contributed by atoms with Crippen LogP contribution in [0.2, 0.25) is 0 Å². The zero-order chi connectivity index (χ0) is 21.0. The summed E-state index contributed by atoms with van der Waals surface area (Å²) in [6, 6.07) is 8.23. The fourth-order valence-electron chi connectivity index (χ4n) is 3.14. The number of piperazine rings is 1. The van der Waals surface area contributed by atoms with E-state index >= 15 is 0 Å². The van der Waals surface area contributed by atoms with Gasteiger partial charge in [0.1, 0.15) is 6.33 Å². The van der Waals surface area contributed by atoms with Gasteiger partial charge in [-0.15, -0.1) is 10.2 Å². The van der Waals surface area contributed by atoms with Crippen molar-refractivity contribution < 1.29 is 13.2 Å². The molecule has 2 heterocycles. The molecule has 1 aromatic heterocycles. The Bertz CT molecular complexity index is 933. The second-order valence-electron chi connectivity index (χ2n) is 7.20. The number of hydrogen-bond donors (Lipinski definition) is 0. The Hall–Kier alpha value is -1.91. The average Bonchev–Trinajstić information content (AvgIpc) is 3.20. The molecule has 0 radical (unpaired) electrons. The summed E-state index contributed by atoms with van der Waals surface area (Å²) in [4.78, 5) is 14.3. The lowest BCUT2D eigenvalue weighted by atomic mass is 10.0. The monoisotopic (exact) mass is 437 g/mol. The molecule has 1 aliphatic rings. The second-order valence-corrected chi connectivity index (χ2v) is 10.4. The molecule has 8 nitrogen and oxygen atoms in total. The molecule has 0 aliphatic carbocycles. The largest absolute Gasteiger partial charge is 0.339 e. The molecule has 1 aliphatic heterocycles. The zero-order valence-electron chi connectivity index (χ0n) is 17.0. The fourth-order valence-corrected chi connectivity index (χ4v) is 5.05. The predicted octanol–water partition coefficient (Wildman–Crippen LogP) is 1.98. The Morgan fingerprint density at radius 2 is 1.79 bits per heavy atom. The molecule has 1 aromatic carbocycles. The third-order valence-electron chi connectivity index (χ3n) is 5.03. The van der Waals surface area contributed by atoms with E-state index in [0.717, 1.165) is 5.69 Å². The number of nitrogens with zero attached hydrogens (tertiary/aromatic N) is 5. The molecule has 0 bridgehead atoms. The molecular weight excluding hydrogens is 410 g/mol. The Kier molecular flexibility index (Phi) is 6.97. The van der Waals surface area contributed by atoms with Crippen molar-refractivity contribution in [1.29, 1.82) is 0 Å². The lowest BCUT2D eigenvalue weighted by Gasteiger charge is -2.33. The number of carbonyl (C=O) groups is 1. The van der Waals surface area contributed by atoms with E-state index in [1.54, 1.807) is 18.2 Å². The predicted molar refractivity (Wildman–Crippen MR) is 114 cm³/mol. The molecule has 0 spiro atoms. The van der Waals surface area contributed by atoms with Crippen LogP contribution in [0.1, 0.15) is 32.3 Å². The minimum atomic E-state index is -3.19. The van der Waals surface area contributed by atoms with E-state index in [-0.39, 0.29) is 17.4 Å². The van der Waals surface area contributed by atoms with Gasteiger partial charge < -0.3 is 4.90 Å². The maximum Gasteiger partial charge on any atom is 0.233 e. The molecule has 0 unspecified atom stereocenters. The van der Waals surface area contributed by atoms with Gasteiger partial charge in [0.25, 0.3) is 0 Å². The summed E-state index contributed by atoms with van der Waals surface area (Å²) >= 11 is 1.34. The van der Waals surface area contributed by atoms with Crippen molar-refractivity contribution >= 4 is 27.7 Å². The van der Waals surface area contributed by atoms with Crippen molar-refractivity contribution in [3.8, 4) is 5.69 Å². The van der Waals surface area contributed by atoms with E-state index in [9.17, 15) is 13.2 Å². The van der Waals surface area contributed by atoms with Crippen molar-refractivity contribution in [3.63, 3.8) is 0 Å². The first-order chi connectivity index (χ1) is 13.8. The SMILES string of the molecule is CCS(=O)(=O)N1CCN(C(=O)CSc2nncn2-c2ccc(C(C)C)cc2)CC1. The number of benzene rings is 1. The molecule has 1 amide bonds. The molecule has 3 rings (SSSR count). The summed E-state index contributed by atoms with van der Waals surface area (Å²) in [7, 11) is -3.19. The van der Waals surface area contributed by atoms with Crippen LogP contribution >= 0.6 is 11.8 Å². The standard InChI is InChI=1S/C19H27N5O3S2/c1-4-29(26,27)23-11-9-22(10-12-23)18(25)13-28-19-21-20-14-24(19)17-7-5-16(6-8-17)15(2)3/h5-8,14-15H,4,9-13H2,1-3H3. The third kappa shape index (κ3) is 5.18. The van der Waals surface area contributed by atoms with E-state index in [1.165, 1.54) is 21.6 Å². The summed E-state index contributed by atoms with van der Waals surface area (Å²) in [6.45, 7) is 7.48. The lowest BCUT2D eigenvalue weighted by molar-refractivity contribution is -0.129. The van der Waals surface area contributed by atoms with Gasteiger partial charge in [-0.25, -0.2) is 8.42 Å². The maximum absolute atomic E-state index is 12.6. The van der Waals surface area contributed by atoms with Crippen molar-refractivity contribution in [3.05, 3.63) is 36.2 Å². The first-order valence-electron chi connectivity index (χ1n) is 9.70. The smallest absolute Gasteiger partial charge is 0.233 e. The van der Waals surface area contributed by atoms with Crippen LogP contribution in [0.5, 0.6) is 0 Å². The van der Waals surface area contributed by atoms with E-state index in [4.69, 9.17) is 0 Å². The van der Waals surface area contributed by atoms with Crippen LogP contribution in [-0.4, -0.2) is 76.0 Å². The highest BCUT2D eigenvalue weighted by atomic mass is 32.2. The highest BCUT2D eigenvalue weighted by molar-refractivity contribution is 7.99. The number of sulfonamides is 1. The van der Waals surface area contributed by atoms with Gasteiger partial charge in [0, 0.05) is 31.9 Å². The fraction of sp³-hybridized carbons (Fsp3) is 0.526. The summed E-state index contributed by atoms with van der Waals surface area (Å²) in [5.41, 5.74) is 2.21. The molecule has 0 saturated carbocycles. The van der Waals surface area contributed by atoms with Crippen molar-refractivity contribution in [2.75, 3.05) is 37.7 Å². The van der Waals surface area contributed by atoms with Gasteiger partial charge in [0.15, 0.2) is 5.16 Å². The van der Waals surface area contributed by atoms with Gasteiger partial charge >= 0.3 is 0 Å². The summed E-state index contributed by atoms with van der Waals surface area (Å²) in [5.74, 6) is 0.769. The normalized spacial score (nSPS) is 15.8. The van der Waals surface area contributed by atoms with Gasteiger partial charge in [-0.2, -0.15) is 4.31 Å². The van der Waals surface area contributed by atoms with Crippen LogP contribution in [0.4, 0.5) is 0 Å². The third-order valence-corrected chi connectivity index (χ3v) is 7.84. The van der Waals surface area contributed by atoms with Crippen molar-refractivity contribution in [2.45, 2.75) is 31.8 Å². The Balaban J connectivity index is 1.57. The molecule has 10 heteroatoms. The molecule has 1 saturated heterocycles. The molecule has 0 N–H and O–H groups in total. The van der Waals surface area contributed by atoms with Gasteiger partial charge in [0.05, 0.1) is 11.5 Å². The molecule has 29 heavy (non-hydrogen) atoms. The highest BCUT2D eigenvalue weighted by Gasteiger charge is 2.27. The number of aromatic nitrogens is 3. The Labute approximate surface area is 176 Å². The van der Waals surface area contributed by atoms with Crippen LogP contribution < -0.4 is 0 Å². The minimum absolute atomic E-state index is 0.0201. The topological polar surface area (TPSA) is 88.4 Å². The van der Waals surface area contributed by atoms with E-state index < -0.39 is 10.0 Å². The Morgan fingerprint density at radius 3 is 2.38 bits per heavy atom. The summed E-state index contributed by atoms with van der Waals surface area (Å²) in [5, 5.41) is 8.78. The second kappa shape index (κ2) is 9.27. The van der Waals surface area contributed by atoms with E-state index in [2.05, 4.69) is 36.2 Å². The first-order valence-corrected chi connectivity index (χ1v) is 12.3. The maximum atomic E-state index is 12.6. The molecule has 1 fully saturated rings.